The topological polar surface area (TPSA) is 21.1 Å². The van der Waals surface area contributed by atoms with E-state index >= 15 is 0 Å². The van der Waals surface area contributed by atoms with Crippen LogP contribution in [0.3, 0.4) is 0 Å². The first-order chi connectivity index (χ1) is 7.83. The third-order valence-electron chi connectivity index (χ3n) is 2.34. The first-order valence-corrected chi connectivity index (χ1v) is 5.71. The molecule has 0 amide bonds. The van der Waals surface area contributed by atoms with Crippen LogP contribution in [0.4, 0.5) is 5.69 Å². The molecule has 0 atom stereocenters. The Bertz CT molecular complexity index is 439. The Kier molecular flexibility index (Phi) is 3.47. The van der Waals surface area contributed by atoms with Gasteiger partial charge in [-0.2, -0.15) is 0 Å². The van der Waals surface area contributed by atoms with Crippen molar-refractivity contribution >= 4 is 17.3 Å². The van der Waals surface area contributed by atoms with Crippen molar-refractivity contribution in [2.45, 2.75) is 13.3 Å². The third kappa shape index (κ3) is 2.19. The van der Waals surface area contributed by atoms with E-state index in [2.05, 4.69) is 16.9 Å². The van der Waals surface area contributed by atoms with Crippen LogP contribution in [-0.2, 0) is 0 Å². The van der Waals surface area contributed by atoms with Crippen LogP contribution < -0.4 is 5.01 Å². The van der Waals surface area contributed by atoms with Gasteiger partial charge in [-0.3, -0.25) is 9.99 Å². The molecule has 2 rings (SSSR count). The van der Waals surface area contributed by atoms with E-state index in [0.29, 0.717) is 5.15 Å². The number of halogens is 1. The molecule has 4 heteroatoms. The second-order valence-electron chi connectivity index (χ2n) is 3.50. The lowest BCUT2D eigenvalue weighted by Gasteiger charge is -2.26. The number of rotatable bonds is 4. The van der Waals surface area contributed by atoms with Crippen LogP contribution in [0.25, 0.3) is 0 Å². The van der Waals surface area contributed by atoms with E-state index in [9.17, 15) is 0 Å². The third-order valence-corrected chi connectivity index (χ3v) is 2.64. The van der Waals surface area contributed by atoms with Crippen molar-refractivity contribution in [1.82, 2.24) is 9.66 Å². The molecule has 0 bridgehead atoms. The van der Waals surface area contributed by atoms with Gasteiger partial charge < -0.3 is 0 Å². The summed E-state index contributed by atoms with van der Waals surface area (Å²) in [6.45, 7) is 3.06. The summed E-state index contributed by atoms with van der Waals surface area (Å²) >= 11 is 6.13. The number of pyridine rings is 1. The number of hydrogen-bond donors (Lipinski definition) is 0. The van der Waals surface area contributed by atoms with Crippen LogP contribution in [0.5, 0.6) is 0 Å². The summed E-state index contributed by atoms with van der Waals surface area (Å²) in [6, 6.07) is 7.77. The Morgan fingerprint density at radius 1 is 1.31 bits per heavy atom. The highest BCUT2D eigenvalue weighted by molar-refractivity contribution is 6.29. The zero-order valence-electron chi connectivity index (χ0n) is 9.18. The first kappa shape index (κ1) is 11.0. The molecule has 0 fully saturated rings. The van der Waals surface area contributed by atoms with Gasteiger partial charge in [-0.25, -0.2) is 4.68 Å². The molecule has 0 radical (unpaired) electrons. The summed E-state index contributed by atoms with van der Waals surface area (Å²) in [4.78, 5) is 4.02. The van der Waals surface area contributed by atoms with Crippen molar-refractivity contribution < 1.29 is 0 Å². The lowest BCUT2D eigenvalue weighted by Crippen LogP contribution is -2.29. The summed E-state index contributed by atoms with van der Waals surface area (Å²) < 4.78 is 1.94. The van der Waals surface area contributed by atoms with E-state index in [-0.39, 0.29) is 0 Å². The van der Waals surface area contributed by atoms with Gasteiger partial charge in [0.15, 0.2) is 0 Å². The van der Waals surface area contributed by atoms with Gasteiger partial charge in [-0.15, -0.1) is 0 Å². The van der Waals surface area contributed by atoms with Crippen LogP contribution in [0, 0.1) is 0 Å². The standard InChI is InChI=1S/C12H14ClN3/c1-2-9-15(11-5-7-14-8-6-11)16-10-3-4-12(16)13/h3-8,10H,2,9H2,1H3. The van der Waals surface area contributed by atoms with Crippen LogP contribution in [0.2, 0.25) is 5.15 Å². The molecule has 0 aliphatic rings. The highest BCUT2D eigenvalue weighted by atomic mass is 35.5. The van der Waals surface area contributed by atoms with Gasteiger partial charge in [0, 0.05) is 25.1 Å². The molecule has 3 nitrogen and oxygen atoms in total. The average molecular weight is 236 g/mol. The highest BCUT2D eigenvalue weighted by Crippen LogP contribution is 2.18. The van der Waals surface area contributed by atoms with Gasteiger partial charge in [0.25, 0.3) is 0 Å². The molecule has 0 N–H and O–H groups in total. The fourth-order valence-electron chi connectivity index (χ4n) is 1.64. The zero-order chi connectivity index (χ0) is 11.4. The Labute approximate surface area is 100 Å². The van der Waals surface area contributed by atoms with Crippen molar-refractivity contribution in [2.24, 2.45) is 0 Å². The molecule has 0 aromatic carbocycles. The van der Waals surface area contributed by atoms with Crippen molar-refractivity contribution in [3.8, 4) is 0 Å². The zero-order valence-corrected chi connectivity index (χ0v) is 9.93. The molecule has 0 aliphatic heterocycles. The molecule has 0 saturated heterocycles. The van der Waals surface area contributed by atoms with Gasteiger partial charge in [-0.1, -0.05) is 18.5 Å². The minimum Gasteiger partial charge on any atom is -0.280 e. The summed E-state index contributed by atoms with van der Waals surface area (Å²) in [5.74, 6) is 0. The molecule has 2 aromatic heterocycles. The molecule has 16 heavy (non-hydrogen) atoms. The van der Waals surface area contributed by atoms with Gasteiger partial charge >= 0.3 is 0 Å². The molecule has 0 unspecified atom stereocenters. The predicted octanol–water partition coefficient (Wildman–Crippen LogP) is 3.22. The van der Waals surface area contributed by atoms with E-state index < -0.39 is 0 Å². The molecule has 84 valence electrons. The monoisotopic (exact) mass is 235 g/mol. The van der Waals surface area contributed by atoms with Gasteiger partial charge in [-0.05, 0) is 30.7 Å². The lowest BCUT2D eigenvalue weighted by atomic mass is 10.3. The van der Waals surface area contributed by atoms with E-state index in [0.717, 1.165) is 18.7 Å². The number of hydrogen-bond acceptors (Lipinski definition) is 2. The van der Waals surface area contributed by atoms with E-state index in [4.69, 9.17) is 11.6 Å². The smallest absolute Gasteiger partial charge is 0.128 e. The van der Waals surface area contributed by atoms with Gasteiger partial charge in [0.2, 0.25) is 0 Å². The molecule has 2 aromatic rings. The Morgan fingerprint density at radius 3 is 2.62 bits per heavy atom. The average Bonchev–Trinajstić information content (AvgIpc) is 2.73. The number of nitrogens with zero attached hydrogens (tertiary/aromatic N) is 3. The minimum atomic E-state index is 0.713. The summed E-state index contributed by atoms with van der Waals surface area (Å²) in [5.41, 5.74) is 1.09. The number of anilines is 1. The van der Waals surface area contributed by atoms with Crippen LogP contribution in [0.1, 0.15) is 13.3 Å². The molecule has 0 saturated carbocycles. The Balaban J connectivity index is 2.35. The van der Waals surface area contributed by atoms with Crippen LogP contribution in [-0.4, -0.2) is 16.2 Å². The largest absolute Gasteiger partial charge is 0.280 e. The molecule has 0 aliphatic carbocycles. The van der Waals surface area contributed by atoms with Crippen molar-refractivity contribution in [1.29, 1.82) is 0 Å². The quantitative estimate of drug-likeness (QED) is 0.812. The second kappa shape index (κ2) is 5.03. The van der Waals surface area contributed by atoms with Crippen molar-refractivity contribution in [3.63, 3.8) is 0 Å². The normalized spacial score (nSPS) is 10.4. The lowest BCUT2D eigenvalue weighted by molar-refractivity contribution is 0.679. The van der Waals surface area contributed by atoms with E-state index in [1.54, 1.807) is 12.4 Å². The molecule has 2 heterocycles. The Morgan fingerprint density at radius 2 is 2.06 bits per heavy atom. The van der Waals surface area contributed by atoms with E-state index in [1.807, 2.05) is 35.1 Å². The van der Waals surface area contributed by atoms with E-state index in [1.165, 1.54) is 0 Å². The fraction of sp³-hybridized carbons (Fsp3) is 0.250. The Hall–Kier alpha value is -1.48. The summed E-state index contributed by atoms with van der Waals surface area (Å²) in [5, 5.41) is 2.84. The fourth-order valence-corrected chi connectivity index (χ4v) is 1.86. The van der Waals surface area contributed by atoms with Gasteiger partial charge in [0.1, 0.15) is 5.15 Å². The molecular formula is C12H14ClN3. The maximum atomic E-state index is 6.13. The molecular weight excluding hydrogens is 222 g/mol. The maximum Gasteiger partial charge on any atom is 0.128 e. The highest BCUT2D eigenvalue weighted by Gasteiger charge is 2.09. The first-order valence-electron chi connectivity index (χ1n) is 5.33. The van der Waals surface area contributed by atoms with Crippen LogP contribution in [0.15, 0.2) is 42.9 Å². The predicted molar refractivity (Wildman–Crippen MR) is 66.7 cm³/mol. The molecule has 0 spiro atoms. The minimum absolute atomic E-state index is 0.713. The SMILES string of the molecule is CCCN(c1ccncc1)n1cccc1Cl. The maximum absolute atomic E-state index is 6.13. The summed E-state index contributed by atoms with van der Waals surface area (Å²) in [6.07, 6.45) is 6.58. The van der Waals surface area contributed by atoms with Crippen molar-refractivity contribution in [2.75, 3.05) is 11.6 Å². The van der Waals surface area contributed by atoms with Crippen LogP contribution >= 0.6 is 11.6 Å². The second-order valence-corrected chi connectivity index (χ2v) is 3.89. The number of aromatic nitrogens is 2. The van der Waals surface area contributed by atoms with Gasteiger partial charge in [0.05, 0.1) is 5.69 Å². The summed E-state index contributed by atoms with van der Waals surface area (Å²) in [7, 11) is 0. The van der Waals surface area contributed by atoms with Crippen molar-refractivity contribution in [3.05, 3.63) is 48.0 Å².